The van der Waals surface area contributed by atoms with Crippen LogP contribution in [0.2, 0.25) is 0 Å². The molecule has 18 heteroatoms. The van der Waals surface area contributed by atoms with Crippen molar-refractivity contribution in [2.75, 3.05) is 30.7 Å². The van der Waals surface area contributed by atoms with Crippen LogP contribution in [0.15, 0.2) is 87.2 Å². The molecule has 4 aromatic heterocycles. The quantitative estimate of drug-likeness (QED) is 0.175. The number of benzene rings is 3. The molecule has 1 amide bonds. The lowest BCUT2D eigenvalue weighted by Gasteiger charge is -2.34. The van der Waals surface area contributed by atoms with E-state index in [0.717, 1.165) is 30.0 Å². The van der Waals surface area contributed by atoms with Crippen molar-refractivity contribution < 1.29 is 26.9 Å². The molecule has 1 saturated carbocycles. The summed E-state index contributed by atoms with van der Waals surface area (Å²) in [4.78, 5) is 46.9. The number of nitrogens with zero attached hydrogens (tertiary/aromatic N) is 7. The van der Waals surface area contributed by atoms with Crippen molar-refractivity contribution in [3.05, 3.63) is 139 Å². The molecule has 2 fully saturated rings. The molecule has 0 bridgehead atoms. The molecule has 2 N–H and O–H groups in total. The Bertz CT molecular complexity index is 3180. The Balaban J connectivity index is 1.10. The molecule has 63 heavy (non-hydrogen) atoms. The molecule has 6 heterocycles. The van der Waals surface area contributed by atoms with Crippen molar-refractivity contribution in [2.45, 2.75) is 70.9 Å². The summed E-state index contributed by atoms with van der Waals surface area (Å²) in [6.45, 7) is 9.03. The fourth-order valence-electron chi connectivity index (χ4n) is 9.85. The standard InChI is InChI=1S/C45H46FN9O7S/c1-25-20-34(21-26(2)39(25)46)55-40(53-17-16-52(44(53)58)33-9-7-32(8-10-33)50-63(5,59)60)38-28(4)51(15-12-35(38)48-55)41(56)37-23-31-22-30(29-13-18-61-19-14-29)6-11-36(31)54(37)45(24-27(45)3)42-47-43(57)62-49-42/h6-11,16-17,20-23,27-29,50H,12-15,18-19,24H2,1-5H3,(H,47,49,57)/t27-,28-,45-/m0/s1. The number of aromatic amines is 1. The molecule has 0 unspecified atom stereocenters. The first kappa shape index (κ1) is 40.5. The van der Waals surface area contributed by atoms with Gasteiger partial charge in [-0.15, -0.1) is 0 Å². The number of hydrogen-bond acceptors (Lipinski definition) is 9. The van der Waals surface area contributed by atoms with E-state index in [1.807, 2.05) is 17.6 Å². The number of imidazole rings is 1. The maximum Gasteiger partial charge on any atom is 0.438 e. The summed E-state index contributed by atoms with van der Waals surface area (Å²) in [5.41, 5.74) is 4.68. The lowest BCUT2D eigenvalue weighted by molar-refractivity contribution is 0.0663. The number of fused-ring (bicyclic) bond motifs is 2. The van der Waals surface area contributed by atoms with E-state index in [2.05, 4.69) is 40.0 Å². The van der Waals surface area contributed by atoms with Gasteiger partial charge in [-0.1, -0.05) is 18.1 Å². The van der Waals surface area contributed by atoms with Crippen molar-refractivity contribution in [3.63, 3.8) is 0 Å². The van der Waals surface area contributed by atoms with Gasteiger partial charge >= 0.3 is 11.4 Å². The van der Waals surface area contributed by atoms with Crippen LogP contribution >= 0.6 is 0 Å². The summed E-state index contributed by atoms with van der Waals surface area (Å²) in [6, 6.07) is 17.4. The molecule has 1 aliphatic carbocycles. The van der Waals surface area contributed by atoms with E-state index in [1.165, 1.54) is 14.7 Å². The van der Waals surface area contributed by atoms with E-state index in [1.54, 1.807) is 72.2 Å². The zero-order valence-corrected chi connectivity index (χ0v) is 36.2. The molecule has 3 aliphatic rings. The normalized spacial score (nSPS) is 20.3. The number of sulfonamides is 1. The monoisotopic (exact) mass is 875 g/mol. The third kappa shape index (κ3) is 6.73. The van der Waals surface area contributed by atoms with Crippen LogP contribution in [0.25, 0.3) is 28.1 Å². The van der Waals surface area contributed by atoms with Crippen LogP contribution in [-0.2, 0) is 26.7 Å². The number of carbonyl (C=O) groups is 1. The Morgan fingerprint density at radius 3 is 2.30 bits per heavy atom. The molecule has 3 aromatic carbocycles. The number of amides is 1. The van der Waals surface area contributed by atoms with Crippen LogP contribution in [0.5, 0.6) is 0 Å². The van der Waals surface area contributed by atoms with Crippen LogP contribution in [0.4, 0.5) is 10.1 Å². The predicted octanol–water partition coefficient (Wildman–Crippen LogP) is 6.01. The molecule has 10 rings (SSSR count). The molecule has 326 valence electrons. The third-order valence-electron chi connectivity index (χ3n) is 13.1. The highest BCUT2D eigenvalue weighted by molar-refractivity contribution is 7.92. The molecule has 16 nitrogen and oxygen atoms in total. The minimum absolute atomic E-state index is 0.0106. The number of nitrogens with one attached hydrogen (secondary N) is 2. The van der Waals surface area contributed by atoms with Gasteiger partial charge in [0, 0.05) is 60.7 Å². The summed E-state index contributed by atoms with van der Waals surface area (Å²) < 4.78 is 58.4. The lowest BCUT2D eigenvalue weighted by Crippen LogP contribution is -2.41. The first-order valence-corrected chi connectivity index (χ1v) is 22.9. The Kier molecular flexibility index (Phi) is 9.52. The van der Waals surface area contributed by atoms with E-state index in [4.69, 9.17) is 14.4 Å². The van der Waals surface area contributed by atoms with Crippen molar-refractivity contribution >= 4 is 32.5 Å². The smallest absolute Gasteiger partial charge is 0.381 e. The van der Waals surface area contributed by atoms with E-state index in [0.29, 0.717) is 95.3 Å². The lowest BCUT2D eigenvalue weighted by atomic mass is 9.91. The van der Waals surface area contributed by atoms with Crippen LogP contribution in [0.3, 0.4) is 0 Å². The first-order chi connectivity index (χ1) is 30.1. The van der Waals surface area contributed by atoms with Crippen molar-refractivity contribution in [2.24, 2.45) is 5.92 Å². The molecule has 0 spiro atoms. The van der Waals surface area contributed by atoms with E-state index >= 15 is 9.18 Å². The van der Waals surface area contributed by atoms with Crippen LogP contribution < -0.4 is 16.2 Å². The average Bonchev–Trinajstić information content (AvgIpc) is 3.75. The number of hydrogen-bond donors (Lipinski definition) is 2. The minimum Gasteiger partial charge on any atom is -0.381 e. The van der Waals surface area contributed by atoms with Gasteiger partial charge in [0.2, 0.25) is 10.0 Å². The molecule has 3 atom stereocenters. The van der Waals surface area contributed by atoms with Crippen molar-refractivity contribution in [3.8, 4) is 17.2 Å². The van der Waals surface area contributed by atoms with Gasteiger partial charge in [0.15, 0.2) is 5.82 Å². The van der Waals surface area contributed by atoms with E-state index < -0.39 is 33.0 Å². The maximum absolute atomic E-state index is 15.4. The van der Waals surface area contributed by atoms with Gasteiger partial charge in [0.05, 0.1) is 29.4 Å². The highest BCUT2D eigenvalue weighted by Crippen LogP contribution is 2.56. The minimum atomic E-state index is -3.51. The van der Waals surface area contributed by atoms with Gasteiger partial charge in [-0.25, -0.2) is 27.1 Å². The maximum atomic E-state index is 15.4. The second-order valence-corrected chi connectivity index (χ2v) is 18.9. The third-order valence-corrected chi connectivity index (χ3v) is 13.7. The number of carbonyl (C=O) groups excluding carboxylic acids is 1. The Morgan fingerprint density at radius 2 is 1.65 bits per heavy atom. The first-order valence-electron chi connectivity index (χ1n) is 21.0. The molecular formula is C45H46FN9O7S. The molecule has 0 radical (unpaired) electrons. The Morgan fingerprint density at radius 1 is 0.952 bits per heavy atom. The molecule has 2 aliphatic heterocycles. The molecular weight excluding hydrogens is 830 g/mol. The predicted molar refractivity (Wildman–Crippen MR) is 232 cm³/mol. The van der Waals surface area contributed by atoms with Crippen molar-refractivity contribution in [1.82, 2.24) is 38.5 Å². The fraction of sp³-hybridized carbons (Fsp3) is 0.356. The van der Waals surface area contributed by atoms with Gasteiger partial charge in [0.1, 0.15) is 22.9 Å². The summed E-state index contributed by atoms with van der Waals surface area (Å²) in [5, 5.41) is 10.1. The largest absolute Gasteiger partial charge is 0.438 e. The van der Waals surface area contributed by atoms with E-state index in [-0.39, 0.29) is 17.6 Å². The van der Waals surface area contributed by atoms with Crippen LogP contribution in [-0.4, -0.2) is 78.9 Å². The van der Waals surface area contributed by atoms with Crippen LogP contribution in [0, 0.1) is 25.6 Å². The van der Waals surface area contributed by atoms with Crippen molar-refractivity contribution in [1.29, 1.82) is 0 Å². The zero-order valence-electron chi connectivity index (χ0n) is 35.4. The van der Waals surface area contributed by atoms with Gasteiger partial charge in [-0.05, 0) is 123 Å². The van der Waals surface area contributed by atoms with Crippen LogP contribution in [0.1, 0.15) is 89.3 Å². The SMILES string of the molecule is Cc1cc(-n2nc3c(c2-n2ccn(-c4ccc(NS(C)(=O)=O)cc4)c2=O)[C@H](C)N(C(=O)c2cc4cc(C5CCOCC5)ccc4n2[C@@]2(c4noc(=O)[nH]4)C[C@@H]2C)CC3)cc(C)c1F. The van der Waals surface area contributed by atoms with E-state index in [9.17, 15) is 18.0 Å². The summed E-state index contributed by atoms with van der Waals surface area (Å²) in [6.07, 6.45) is 7.08. The summed E-state index contributed by atoms with van der Waals surface area (Å²) in [5.74, 6) is -0.177. The molecule has 1 saturated heterocycles. The number of rotatable bonds is 9. The number of aryl methyl sites for hydroxylation is 2. The second-order valence-electron chi connectivity index (χ2n) is 17.2. The zero-order chi connectivity index (χ0) is 44.1. The number of aromatic nitrogens is 7. The highest BCUT2D eigenvalue weighted by atomic mass is 32.2. The summed E-state index contributed by atoms with van der Waals surface area (Å²) in [7, 11) is -3.51. The number of H-pyrrole nitrogens is 1. The number of ether oxygens (including phenoxy) is 1. The van der Waals surface area contributed by atoms with Gasteiger partial charge in [-0.2, -0.15) is 5.10 Å². The van der Waals surface area contributed by atoms with Gasteiger partial charge in [-0.3, -0.25) is 28.2 Å². The average molecular weight is 876 g/mol. The second kappa shape index (κ2) is 14.8. The highest BCUT2D eigenvalue weighted by Gasteiger charge is 2.59. The molecule has 7 aromatic rings. The summed E-state index contributed by atoms with van der Waals surface area (Å²) >= 11 is 0. The fourth-order valence-corrected chi connectivity index (χ4v) is 10.4. The topological polar surface area (TPSA) is 184 Å². The Hall–Kier alpha value is -6.53. The Labute approximate surface area is 360 Å². The number of anilines is 1. The van der Waals surface area contributed by atoms with Gasteiger partial charge < -0.3 is 14.2 Å². The number of halogens is 1. The van der Waals surface area contributed by atoms with Gasteiger partial charge in [0.25, 0.3) is 5.91 Å².